The third-order valence-electron chi connectivity index (χ3n) is 4.22. The third kappa shape index (κ3) is 3.92. The lowest BCUT2D eigenvalue weighted by molar-refractivity contribution is -0.142. The Morgan fingerprint density at radius 1 is 1.16 bits per heavy atom. The number of nitrogens with one attached hydrogen (secondary N) is 2. The molecule has 1 atom stereocenters. The number of nitriles is 1. The highest BCUT2D eigenvalue weighted by atomic mass is 16.4. The molecule has 0 bridgehead atoms. The van der Waals surface area contributed by atoms with Crippen LogP contribution < -0.4 is 10.6 Å². The lowest BCUT2D eigenvalue weighted by atomic mass is 9.85. The molecule has 0 aliphatic carbocycles. The van der Waals surface area contributed by atoms with Gasteiger partial charge in [0.1, 0.15) is 0 Å². The summed E-state index contributed by atoms with van der Waals surface area (Å²) < 4.78 is 0. The first-order chi connectivity index (χ1) is 11.9. The van der Waals surface area contributed by atoms with E-state index in [2.05, 4.69) is 16.7 Å². The molecule has 0 heterocycles. The van der Waals surface area contributed by atoms with Crippen LogP contribution in [0.15, 0.2) is 42.5 Å². The van der Waals surface area contributed by atoms with Crippen LogP contribution in [0.4, 0.5) is 11.4 Å². The van der Waals surface area contributed by atoms with Crippen molar-refractivity contribution in [3.8, 4) is 6.07 Å². The zero-order valence-corrected chi connectivity index (χ0v) is 14.8. The highest BCUT2D eigenvalue weighted by Crippen LogP contribution is 2.33. The van der Waals surface area contributed by atoms with Crippen LogP contribution in [-0.4, -0.2) is 17.6 Å². The highest BCUT2D eigenvalue weighted by Gasteiger charge is 2.39. The molecule has 0 amide bonds. The number of carboxylic acid groups (broad SMARTS) is 1. The fourth-order valence-electron chi connectivity index (χ4n) is 2.90. The van der Waals surface area contributed by atoms with Crippen molar-refractivity contribution in [2.75, 3.05) is 17.2 Å². The van der Waals surface area contributed by atoms with Gasteiger partial charge in [-0.3, -0.25) is 0 Å². The van der Waals surface area contributed by atoms with Gasteiger partial charge in [-0.2, -0.15) is 5.26 Å². The summed E-state index contributed by atoms with van der Waals surface area (Å²) in [6, 6.07) is 14.6. The average molecular weight is 337 g/mol. The minimum Gasteiger partial charge on any atom is -0.479 e. The lowest BCUT2D eigenvalue weighted by Crippen LogP contribution is -2.43. The molecule has 0 saturated carbocycles. The van der Waals surface area contributed by atoms with Gasteiger partial charge in [0.05, 0.1) is 11.6 Å². The lowest BCUT2D eigenvalue weighted by Gasteiger charge is -2.32. The first kappa shape index (κ1) is 18.3. The predicted molar refractivity (Wildman–Crippen MR) is 99.7 cm³/mol. The second-order valence-corrected chi connectivity index (χ2v) is 6.00. The number of hydrogen-bond donors (Lipinski definition) is 3. The Labute approximate surface area is 148 Å². The molecule has 5 nitrogen and oxygen atoms in total. The van der Waals surface area contributed by atoms with Gasteiger partial charge in [-0.15, -0.1) is 0 Å². The molecule has 25 heavy (non-hydrogen) atoms. The molecule has 3 N–H and O–H groups in total. The Morgan fingerprint density at radius 3 is 2.36 bits per heavy atom. The number of carboxylic acids is 1. The maximum atomic E-state index is 12.2. The fourth-order valence-corrected chi connectivity index (χ4v) is 2.90. The minimum atomic E-state index is -1.25. The van der Waals surface area contributed by atoms with Gasteiger partial charge < -0.3 is 15.7 Å². The summed E-state index contributed by atoms with van der Waals surface area (Å²) in [4.78, 5) is 12.2. The van der Waals surface area contributed by atoms with Crippen LogP contribution in [0.1, 0.15) is 37.0 Å². The number of nitrogens with zero attached hydrogens (tertiary/aromatic N) is 1. The molecule has 1 unspecified atom stereocenters. The normalized spacial score (nSPS) is 12.7. The van der Waals surface area contributed by atoms with Crippen LogP contribution in [-0.2, 0) is 10.3 Å². The van der Waals surface area contributed by atoms with E-state index in [0.717, 1.165) is 17.8 Å². The topological polar surface area (TPSA) is 85.1 Å². The number of rotatable bonds is 7. The molecule has 0 aliphatic heterocycles. The largest absolute Gasteiger partial charge is 0.479 e. The first-order valence-electron chi connectivity index (χ1n) is 8.33. The van der Waals surface area contributed by atoms with Crippen molar-refractivity contribution >= 4 is 17.3 Å². The van der Waals surface area contributed by atoms with Gasteiger partial charge in [0.25, 0.3) is 0 Å². The van der Waals surface area contributed by atoms with E-state index in [1.165, 1.54) is 0 Å². The monoisotopic (exact) mass is 337 g/mol. The molecule has 0 aromatic heterocycles. The van der Waals surface area contributed by atoms with E-state index in [0.29, 0.717) is 23.2 Å². The summed E-state index contributed by atoms with van der Waals surface area (Å²) in [6.07, 6.45) is 0.372. The SMILES string of the molecule is CCNc1cc(C)cc(C(CC)(Nc2ccc(C#N)cc2)C(=O)O)c1. The van der Waals surface area contributed by atoms with Gasteiger partial charge >= 0.3 is 5.97 Å². The van der Waals surface area contributed by atoms with E-state index in [1.807, 2.05) is 39.0 Å². The summed E-state index contributed by atoms with van der Waals surface area (Å²) in [6.45, 7) is 6.56. The van der Waals surface area contributed by atoms with E-state index in [4.69, 9.17) is 5.26 Å². The maximum Gasteiger partial charge on any atom is 0.334 e. The van der Waals surface area contributed by atoms with Crippen LogP contribution in [0.3, 0.4) is 0 Å². The Morgan fingerprint density at radius 2 is 1.84 bits per heavy atom. The van der Waals surface area contributed by atoms with E-state index >= 15 is 0 Å². The predicted octanol–water partition coefficient (Wildman–Crippen LogP) is 4.10. The number of aryl methyl sites for hydroxylation is 1. The molecule has 0 radical (unpaired) electrons. The second-order valence-electron chi connectivity index (χ2n) is 6.00. The minimum absolute atomic E-state index is 0.372. The molecule has 130 valence electrons. The Bertz CT molecular complexity index is 794. The molecule has 0 fully saturated rings. The standard InChI is InChI=1S/C20H23N3O2/c1-4-20(19(24)25,23-17-8-6-15(13-21)7-9-17)16-10-14(3)11-18(12-16)22-5-2/h6-12,22-23H,4-5H2,1-3H3,(H,24,25). The van der Waals surface area contributed by atoms with E-state index < -0.39 is 11.5 Å². The molecular weight excluding hydrogens is 314 g/mol. The molecule has 0 spiro atoms. The van der Waals surface area contributed by atoms with Crippen molar-refractivity contribution in [3.05, 3.63) is 59.2 Å². The van der Waals surface area contributed by atoms with Crippen molar-refractivity contribution in [2.45, 2.75) is 32.7 Å². The summed E-state index contributed by atoms with van der Waals surface area (Å²) >= 11 is 0. The quantitative estimate of drug-likeness (QED) is 0.708. The van der Waals surface area contributed by atoms with Crippen molar-refractivity contribution in [3.63, 3.8) is 0 Å². The third-order valence-corrected chi connectivity index (χ3v) is 4.22. The summed E-state index contributed by atoms with van der Waals surface area (Å²) in [7, 11) is 0. The summed E-state index contributed by atoms with van der Waals surface area (Å²) in [5.74, 6) is -0.938. The van der Waals surface area contributed by atoms with Crippen LogP contribution in [0, 0.1) is 18.3 Å². The number of carbonyl (C=O) groups is 1. The molecule has 2 aromatic rings. The second kappa shape index (κ2) is 7.71. The number of hydrogen-bond acceptors (Lipinski definition) is 4. The highest BCUT2D eigenvalue weighted by molar-refractivity contribution is 5.85. The molecule has 2 aromatic carbocycles. The van der Waals surface area contributed by atoms with Crippen molar-refractivity contribution in [1.29, 1.82) is 5.26 Å². The molecule has 0 saturated heterocycles. The van der Waals surface area contributed by atoms with E-state index in [1.54, 1.807) is 24.3 Å². The van der Waals surface area contributed by atoms with E-state index in [-0.39, 0.29) is 0 Å². The zero-order chi connectivity index (χ0) is 18.4. The van der Waals surface area contributed by atoms with Crippen molar-refractivity contribution in [2.24, 2.45) is 0 Å². The van der Waals surface area contributed by atoms with Gasteiger partial charge in [-0.05, 0) is 67.8 Å². The van der Waals surface area contributed by atoms with Crippen LogP contribution in [0.25, 0.3) is 0 Å². The molecule has 2 rings (SSSR count). The maximum absolute atomic E-state index is 12.2. The van der Waals surface area contributed by atoms with Crippen molar-refractivity contribution < 1.29 is 9.90 Å². The Balaban J connectivity index is 2.50. The van der Waals surface area contributed by atoms with E-state index in [9.17, 15) is 9.90 Å². The number of benzene rings is 2. The molecular formula is C20H23N3O2. The van der Waals surface area contributed by atoms with Crippen LogP contribution in [0.5, 0.6) is 0 Å². The number of anilines is 2. The first-order valence-corrected chi connectivity index (χ1v) is 8.33. The fraction of sp³-hybridized carbons (Fsp3) is 0.300. The van der Waals surface area contributed by atoms with Gasteiger partial charge in [-0.25, -0.2) is 4.79 Å². The van der Waals surface area contributed by atoms with Gasteiger partial charge in [-0.1, -0.05) is 13.0 Å². The zero-order valence-electron chi connectivity index (χ0n) is 14.8. The summed E-state index contributed by atoms with van der Waals surface area (Å²) in [5.41, 5.74) is 2.54. The Hall–Kier alpha value is -3.00. The molecule has 5 heteroatoms. The smallest absolute Gasteiger partial charge is 0.334 e. The summed E-state index contributed by atoms with van der Waals surface area (Å²) in [5, 5.41) is 25.3. The van der Waals surface area contributed by atoms with Crippen LogP contribution in [0.2, 0.25) is 0 Å². The average Bonchev–Trinajstić information content (AvgIpc) is 2.59. The molecule has 0 aliphatic rings. The van der Waals surface area contributed by atoms with Crippen LogP contribution >= 0.6 is 0 Å². The van der Waals surface area contributed by atoms with Gasteiger partial charge in [0.15, 0.2) is 5.54 Å². The van der Waals surface area contributed by atoms with Crippen molar-refractivity contribution in [1.82, 2.24) is 0 Å². The van der Waals surface area contributed by atoms with Gasteiger partial charge in [0.2, 0.25) is 0 Å². The Kier molecular flexibility index (Phi) is 5.66. The number of aliphatic carboxylic acids is 1. The van der Waals surface area contributed by atoms with Gasteiger partial charge in [0, 0.05) is 17.9 Å².